The minimum Gasteiger partial charge on any atom is -0.491 e. The Morgan fingerprint density at radius 2 is 1.50 bits per heavy atom. The van der Waals surface area contributed by atoms with Gasteiger partial charge in [0.25, 0.3) is 0 Å². The second-order valence-electron chi connectivity index (χ2n) is 11.0. The van der Waals surface area contributed by atoms with Crippen molar-refractivity contribution in [2.24, 2.45) is 5.92 Å². The number of quaternary nitrogens is 1. The molecule has 36 heavy (non-hydrogen) atoms. The van der Waals surface area contributed by atoms with Gasteiger partial charge in [-0.1, -0.05) is 88.4 Å². The first-order chi connectivity index (χ1) is 17.3. The third-order valence-electron chi connectivity index (χ3n) is 6.87. The molecular weight excluding hydrogens is 446 g/mol. The first-order valence-electron chi connectivity index (χ1n) is 14.1. The minimum absolute atomic E-state index is 0.000931. The highest BCUT2D eigenvalue weighted by molar-refractivity contribution is 5.71. The van der Waals surface area contributed by atoms with E-state index < -0.39 is 0 Å². The Balaban J connectivity index is 1.61. The number of aryl methyl sites for hydroxylation is 1. The highest BCUT2D eigenvalue weighted by atomic mass is 16.5. The fraction of sp³-hybridized carbons (Fsp3) is 0.594. The van der Waals surface area contributed by atoms with Gasteiger partial charge in [0, 0.05) is 18.4 Å². The number of ether oxygens (including phenoxy) is 2. The second-order valence-corrected chi connectivity index (χ2v) is 11.0. The third kappa shape index (κ3) is 12.6. The molecule has 2 aromatic rings. The van der Waals surface area contributed by atoms with E-state index in [-0.39, 0.29) is 18.0 Å². The summed E-state index contributed by atoms with van der Waals surface area (Å²) < 4.78 is 12.5. The molecule has 0 N–H and O–H groups in total. The van der Waals surface area contributed by atoms with Crippen molar-refractivity contribution in [3.05, 3.63) is 65.7 Å². The van der Waals surface area contributed by atoms with Crippen LogP contribution in [0.3, 0.4) is 0 Å². The van der Waals surface area contributed by atoms with Crippen LogP contribution >= 0.6 is 0 Å². The molecule has 0 bridgehead atoms. The quantitative estimate of drug-likeness (QED) is 0.121. The first kappa shape index (κ1) is 29.9. The van der Waals surface area contributed by atoms with Crippen molar-refractivity contribution >= 4 is 5.97 Å². The third-order valence-corrected chi connectivity index (χ3v) is 6.87. The summed E-state index contributed by atoms with van der Waals surface area (Å²) in [4.78, 5) is 12.5. The SMILES string of the molecule is CCCCCCCCc1ccc(OC(C)CCOC(=O)C(C)CC[N+](C)(C)Cc2ccccc2)cc1. The van der Waals surface area contributed by atoms with E-state index in [1.165, 1.54) is 49.7 Å². The fourth-order valence-electron chi connectivity index (χ4n) is 4.42. The molecule has 0 saturated heterocycles. The van der Waals surface area contributed by atoms with Crippen LogP contribution in [0.2, 0.25) is 0 Å². The molecule has 4 heteroatoms. The van der Waals surface area contributed by atoms with E-state index in [9.17, 15) is 4.79 Å². The Morgan fingerprint density at radius 3 is 2.19 bits per heavy atom. The van der Waals surface area contributed by atoms with E-state index in [4.69, 9.17) is 9.47 Å². The number of benzene rings is 2. The molecule has 0 aromatic heterocycles. The molecule has 0 heterocycles. The largest absolute Gasteiger partial charge is 0.491 e. The van der Waals surface area contributed by atoms with Gasteiger partial charge in [0.2, 0.25) is 0 Å². The van der Waals surface area contributed by atoms with Crippen LogP contribution < -0.4 is 4.74 Å². The average Bonchev–Trinajstić information content (AvgIpc) is 2.86. The Bertz CT molecular complexity index is 847. The van der Waals surface area contributed by atoms with Crippen molar-refractivity contribution in [3.63, 3.8) is 0 Å². The average molecular weight is 497 g/mol. The van der Waals surface area contributed by atoms with Gasteiger partial charge in [0.15, 0.2) is 0 Å². The van der Waals surface area contributed by atoms with Crippen LogP contribution in [0.1, 0.15) is 83.3 Å². The van der Waals surface area contributed by atoms with E-state index in [2.05, 4.69) is 69.6 Å². The first-order valence-corrected chi connectivity index (χ1v) is 14.1. The van der Waals surface area contributed by atoms with Gasteiger partial charge in [-0.2, -0.15) is 0 Å². The molecule has 0 aliphatic rings. The van der Waals surface area contributed by atoms with Crippen LogP contribution in [0.4, 0.5) is 0 Å². The summed E-state index contributed by atoms with van der Waals surface area (Å²) in [7, 11) is 4.43. The monoisotopic (exact) mass is 496 g/mol. The van der Waals surface area contributed by atoms with E-state index in [0.717, 1.165) is 36.2 Å². The second kappa shape index (κ2) is 16.4. The summed E-state index contributed by atoms with van der Waals surface area (Å²) in [6.07, 6.45) is 10.6. The lowest BCUT2D eigenvalue weighted by Gasteiger charge is -2.30. The molecule has 0 spiro atoms. The maximum atomic E-state index is 12.5. The summed E-state index contributed by atoms with van der Waals surface area (Å²) in [5.74, 6) is 0.668. The summed E-state index contributed by atoms with van der Waals surface area (Å²) in [5.41, 5.74) is 2.69. The van der Waals surface area contributed by atoms with Crippen LogP contribution in [0, 0.1) is 5.92 Å². The molecule has 2 atom stereocenters. The molecule has 0 fully saturated rings. The number of carbonyl (C=O) groups is 1. The summed E-state index contributed by atoms with van der Waals surface area (Å²) in [6, 6.07) is 19.0. The van der Waals surface area contributed by atoms with Crippen molar-refractivity contribution in [2.75, 3.05) is 27.2 Å². The predicted octanol–water partition coefficient (Wildman–Crippen LogP) is 7.59. The lowest BCUT2D eigenvalue weighted by molar-refractivity contribution is -0.904. The van der Waals surface area contributed by atoms with Gasteiger partial charge in [0.1, 0.15) is 12.3 Å². The summed E-state index contributed by atoms with van der Waals surface area (Å²) in [5, 5.41) is 0. The van der Waals surface area contributed by atoms with E-state index in [0.29, 0.717) is 13.0 Å². The minimum atomic E-state index is -0.110. The number of rotatable bonds is 18. The Kier molecular flexibility index (Phi) is 13.6. The smallest absolute Gasteiger partial charge is 0.308 e. The van der Waals surface area contributed by atoms with Gasteiger partial charge in [-0.15, -0.1) is 0 Å². The number of esters is 1. The van der Waals surface area contributed by atoms with Crippen molar-refractivity contribution in [1.82, 2.24) is 0 Å². The molecule has 0 radical (unpaired) electrons. The standard InChI is InChI=1S/C32H50NO3/c1-6-7-8-9-10-12-15-29-18-20-31(21-19-29)36-28(3)23-25-35-32(34)27(2)22-24-33(4,5)26-30-16-13-11-14-17-30/h11,13-14,16-21,27-28H,6-10,12,15,22-26H2,1-5H3/q+1. The molecule has 0 amide bonds. The van der Waals surface area contributed by atoms with Gasteiger partial charge in [-0.25, -0.2) is 0 Å². The Labute approximate surface area is 220 Å². The highest BCUT2D eigenvalue weighted by Crippen LogP contribution is 2.18. The lowest BCUT2D eigenvalue weighted by Crippen LogP contribution is -2.40. The van der Waals surface area contributed by atoms with E-state index in [1.807, 2.05) is 19.9 Å². The normalized spacial score (nSPS) is 13.2. The zero-order chi connectivity index (χ0) is 26.2. The zero-order valence-electron chi connectivity index (χ0n) is 23.5. The molecule has 4 nitrogen and oxygen atoms in total. The number of unbranched alkanes of at least 4 members (excludes halogenated alkanes) is 5. The molecule has 0 saturated carbocycles. The van der Waals surface area contributed by atoms with Crippen molar-refractivity contribution in [3.8, 4) is 5.75 Å². The molecular formula is C32H50NO3+. The molecule has 2 unspecified atom stereocenters. The van der Waals surface area contributed by atoms with Gasteiger partial charge in [-0.05, 0) is 37.5 Å². The van der Waals surface area contributed by atoms with Crippen molar-refractivity contribution in [1.29, 1.82) is 0 Å². The Morgan fingerprint density at radius 1 is 0.833 bits per heavy atom. The van der Waals surface area contributed by atoms with Crippen LogP contribution in [-0.2, 0) is 22.5 Å². The summed E-state index contributed by atoms with van der Waals surface area (Å²) in [6.45, 7) is 8.54. The van der Waals surface area contributed by atoms with Crippen LogP contribution in [0.25, 0.3) is 0 Å². The van der Waals surface area contributed by atoms with Gasteiger partial charge in [-0.3, -0.25) is 4.79 Å². The van der Waals surface area contributed by atoms with Gasteiger partial charge < -0.3 is 14.0 Å². The topological polar surface area (TPSA) is 35.5 Å². The van der Waals surface area contributed by atoms with Crippen molar-refractivity contribution < 1.29 is 18.8 Å². The van der Waals surface area contributed by atoms with Crippen molar-refractivity contribution in [2.45, 2.75) is 91.2 Å². The maximum Gasteiger partial charge on any atom is 0.308 e. The van der Waals surface area contributed by atoms with Crippen LogP contribution in [0.5, 0.6) is 5.75 Å². The van der Waals surface area contributed by atoms with E-state index in [1.54, 1.807) is 0 Å². The number of carbonyl (C=O) groups excluding carboxylic acids is 1. The molecule has 200 valence electrons. The molecule has 2 aromatic carbocycles. The molecule has 2 rings (SSSR count). The van der Waals surface area contributed by atoms with Crippen LogP contribution in [-0.4, -0.2) is 43.8 Å². The Hall–Kier alpha value is -2.33. The molecule has 0 aliphatic heterocycles. The highest BCUT2D eigenvalue weighted by Gasteiger charge is 2.22. The maximum absolute atomic E-state index is 12.5. The zero-order valence-corrected chi connectivity index (χ0v) is 23.5. The fourth-order valence-corrected chi connectivity index (χ4v) is 4.42. The predicted molar refractivity (Wildman–Crippen MR) is 150 cm³/mol. The van der Waals surface area contributed by atoms with Gasteiger partial charge >= 0.3 is 5.97 Å². The number of hydrogen-bond donors (Lipinski definition) is 0. The van der Waals surface area contributed by atoms with E-state index >= 15 is 0 Å². The summed E-state index contributed by atoms with van der Waals surface area (Å²) >= 11 is 0. The number of hydrogen-bond acceptors (Lipinski definition) is 3. The van der Waals surface area contributed by atoms with Gasteiger partial charge in [0.05, 0.1) is 39.3 Å². The lowest BCUT2D eigenvalue weighted by atomic mass is 10.0. The van der Waals surface area contributed by atoms with Crippen LogP contribution in [0.15, 0.2) is 54.6 Å². The molecule has 0 aliphatic carbocycles. The number of nitrogens with zero attached hydrogens (tertiary/aromatic N) is 1.